The third-order valence-corrected chi connectivity index (χ3v) is 4.36. The zero-order chi connectivity index (χ0) is 15.1. The summed E-state index contributed by atoms with van der Waals surface area (Å²) in [4.78, 5) is 15.3. The van der Waals surface area contributed by atoms with E-state index in [1.165, 1.54) is 31.0 Å². The van der Waals surface area contributed by atoms with Gasteiger partial charge in [-0.25, -0.2) is 0 Å². The van der Waals surface area contributed by atoms with Crippen LogP contribution in [0.3, 0.4) is 0 Å². The molecule has 0 saturated carbocycles. The van der Waals surface area contributed by atoms with Crippen molar-refractivity contribution in [2.24, 2.45) is 0 Å². The normalized spacial score (nSPS) is 23.5. The molecule has 1 aromatic rings. The summed E-state index contributed by atoms with van der Waals surface area (Å²) in [5, 5.41) is 3.11. The molecule has 1 aromatic carbocycles. The van der Waals surface area contributed by atoms with E-state index >= 15 is 0 Å². The molecule has 0 spiro atoms. The summed E-state index contributed by atoms with van der Waals surface area (Å²) >= 11 is 0. The highest BCUT2D eigenvalue weighted by Gasteiger charge is 2.24. The highest BCUT2D eigenvalue weighted by atomic mass is 16.2. The predicted molar refractivity (Wildman–Crippen MR) is 84.4 cm³/mol. The quantitative estimate of drug-likeness (QED) is 0.622. The van der Waals surface area contributed by atoms with Gasteiger partial charge in [0.2, 0.25) is 0 Å². The monoisotopic (exact) mass is 291 g/mol. The Balaban J connectivity index is 1.73. The minimum atomic E-state index is 0.0881. The van der Waals surface area contributed by atoms with Crippen molar-refractivity contribution in [2.75, 3.05) is 39.3 Å². The summed E-state index contributed by atoms with van der Waals surface area (Å²) in [6, 6.07) is 10.2. The van der Waals surface area contributed by atoms with Gasteiger partial charge in [0.1, 0.15) is 26.2 Å². The molecule has 21 heavy (non-hydrogen) atoms. The van der Waals surface area contributed by atoms with E-state index in [2.05, 4.69) is 24.4 Å². The molecule has 1 atom stereocenters. The molecule has 116 valence electrons. The van der Waals surface area contributed by atoms with Gasteiger partial charge in [0.15, 0.2) is 6.54 Å². The van der Waals surface area contributed by atoms with Crippen LogP contribution in [-0.4, -0.2) is 45.2 Å². The second-order valence-corrected chi connectivity index (χ2v) is 6.13. The Bertz CT molecular complexity index is 427. The smallest absolute Gasteiger partial charge is 0.275 e. The third kappa shape index (κ3) is 5.14. The third-order valence-electron chi connectivity index (χ3n) is 4.36. The van der Waals surface area contributed by atoms with E-state index in [1.807, 2.05) is 25.1 Å². The first-order chi connectivity index (χ1) is 10.2. The van der Waals surface area contributed by atoms with Gasteiger partial charge in [-0.15, -0.1) is 0 Å². The second-order valence-electron chi connectivity index (χ2n) is 6.13. The maximum Gasteiger partial charge on any atom is 0.275 e. The highest BCUT2D eigenvalue weighted by molar-refractivity contribution is 5.77. The van der Waals surface area contributed by atoms with Gasteiger partial charge in [0.05, 0.1) is 12.6 Å². The van der Waals surface area contributed by atoms with E-state index in [0.29, 0.717) is 6.54 Å². The van der Waals surface area contributed by atoms with Crippen molar-refractivity contribution < 1.29 is 14.6 Å². The lowest BCUT2D eigenvalue weighted by molar-refractivity contribution is -1.01. The molecule has 1 aliphatic heterocycles. The summed E-state index contributed by atoms with van der Waals surface area (Å²) in [6.45, 7) is 10.8. The fraction of sp³-hybridized carbons (Fsp3) is 0.588. The molecule has 4 nitrogen and oxygen atoms in total. The molecule has 1 aliphatic rings. The average molecular weight is 291 g/mol. The van der Waals surface area contributed by atoms with E-state index in [1.54, 1.807) is 4.90 Å². The minimum absolute atomic E-state index is 0.0881. The van der Waals surface area contributed by atoms with Crippen LogP contribution in [0.4, 0.5) is 0 Å². The molecule has 0 aliphatic carbocycles. The number of carbonyl (C=O) groups is 1. The molecule has 0 aromatic heterocycles. The summed E-state index contributed by atoms with van der Waals surface area (Å²) < 4.78 is 0. The van der Waals surface area contributed by atoms with Crippen LogP contribution < -0.4 is 15.1 Å². The van der Waals surface area contributed by atoms with Crippen LogP contribution in [0, 0.1) is 0 Å². The Kier molecular flexibility index (Phi) is 6.21. The van der Waals surface area contributed by atoms with Crippen molar-refractivity contribution in [2.45, 2.75) is 26.3 Å². The van der Waals surface area contributed by atoms with Crippen LogP contribution in [0.25, 0.3) is 0 Å². The van der Waals surface area contributed by atoms with Crippen LogP contribution in [0.2, 0.25) is 0 Å². The van der Waals surface area contributed by atoms with E-state index < -0.39 is 0 Å². The fourth-order valence-electron chi connectivity index (χ4n) is 3.08. The number of benzene rings is 1. The first-order valence-electron chi connectivity index (χ1n) is 8.20. The molecule has 4 heteroatoms. The largest absolute Gasteiger partial charge is 0.345 e. The molecule has 1 amide bonds. The van der Waals surface area contributed by atoms with Gasteiger partial charge >= 0.3 is 0 Å². The van der Waals surface area contributed by atoms with Gasteiger partial charge in [-0.1, -0.05) is 37.3 Å². The van der Waals surface area contributed by atoms with E-state index in [-0.39, 0.29) is 11.9 Å². The summed E-state index contributed by atoms with van der Waals surface area (Å²) in [7, 11) is 0. The topological polar surface area (TPSA) is 38.0 Å². The zero-order valence-corrected chi connectivity index (χ0v) is 13.3. The van der Waals surface area contributed by atoms with Crippen LogP contribution in [0.5, 0.6) is 0 Å². The Hall–Kier alpha value is -1.39. The number of amides is 1. The number of hydrogen-bond acceptors (Lipinski definition) is 1. The lowest BCUT2D eigenvalue weighted by Crippen LogP contribution is -3.28. The second kappa shape index (κ2) is 8.15. The van der Waals surface area contributed by atoms with Crippen LogP contribution in [0.15, 0.2) is 30.3 Å². The van der Waals surface area contributed by atoms with E-state index in [0.717, 1.165) is 18.7 Å². The number of nitrogens with one attached hydrogen (secondary N) is 3. The van der Waals surface area contributed by atoms with Gasteiger partial charge < -0.3 is 15.1 Å². The Labute approximate surface area is 128 Å². The minimum Gasteiger partial charge on any atom is -0.345 e. The van der Waals surface area contributed by atoms with Crippen molar-refractivity contribution >= 4 is 5.91 Å². The molecule has 2 rings (SSSR count). The molecular weight excluding hydrogens is 262 g/mol. The summed E-state index contributed by atoms with van der Waals surface area (Å²) in [6.07, 6.45) is 1.25. The number of carbonyl (C=O) groups excluding carboxylic acids is 1. The van der Waals surface area contributed by atoms with Crippen LogP contribution >= 0.6 is 0 Å². The molecule has 1 heterocycles. The number of rotatable bonds is 6. The average Bonchev–Trinajstić information content (AvgIpc) is 2.50. The molecule has 1 saturated heterocycles. The lowest BCUT2D eigenvalue weighted by atomic mass is 10.1. The van der Waals surface area contributed by atoms with Crippen molar-refractivity contribution in [3.05, 3.63) is 35.9 Å². The highest BCUT2D eigenvalue weighted by Crippen LogP contribution is 2.10. The first-order valence-corrected chi connectivity index (χ1v) is 8.20. The molecular formula is C17H29N3O+2. The maximum atomic E-state index is 12.2. The number of hydrogen-bond donors (Lipinski definition) is 3. The number of piperazine rings is 1. The predicted octanol–water partition coefficient (Wildman–Crippen LogP) is -0.943. The first kappa shape index (κ1) is 16.0. The van der Waals surface area contributed by atoms with Crippen molar-refractivity contribution in [3.63, 3.8) is 0 Å². The molecule has 0 bridgehead atoms. The summed E-state index contributed by atoms with van der Waals surface area (Å²) in [5.74, 6) is 0.167. The van der Waals surface area contributed by atoms with Gasteiger partial charge in [-0.2, -0.15) is 0 Å². The van der Waals surface area contributed by atoms with Crippen molar-refractivity contribution in [3.8, 4) is 0 Å². The van der Waals surface area contributed by atoms with E-state index in [4.69, 9.17) is 0 Å². The van der Waals surface area contributed by atoms with Gasteiger partial charge in [0, 0.05) is 0 Å². The molecule has 0 radical (unpaired) electrons. The van der Waals surface area contributed by atoms with Gasteiger partial charge in [-0.3, -0.25) is 4.79 Å². The van der Waals surface area contributed by atoms with Crippen LogP contribution in [0.1, 0.15) is 31.9 Å². The SMILES string of the molecule is CCC[NH+]1CC[NH+](CC(=O)N[C@H](C)c2ccccc2)CC1. The Morgan fingerprint density at radius 1 is 1.14 bits per heavy atom. The Morgan fingerprint density at radius 2 is 1.76 bits per heavy atom. The molecule has 3 N–H and O–H groups in total. The molecule has 0 unspecified atom stereocenters. The van der Waals surface area contributed by atoms with Gasteiger partial charge in [0.25, 0.3) is 5.91 Å². The maximum absolute atomic E-state index is 12.2. The Morgan fingerprint density at radius 3 is 2.38 bits per heavy atom. The van der Waals surface area contributed by atoms with Crippen molar-refractivity contribution in [1.82, 2.24) is 5.32 Å². The van der Waals surface area contributed by atoms with Gasteiger partial charge in [-0.05, 0) is 18.9 Å². The number of quaternary nitrogens is 2. The summed E-state index contributed by atoms with van der Waals surface area (Å²) in [5.41, 5.74) is 1.16. The zero-order valence-electron chi connectivity index (χ0n) is 13.3. The van der Waals surface area contributed by atoms with Crippen molar-refractivity contribution in [1.29, 1.82) is 0 Å². The van der Waals surface area contributed by atoms with E-state index in [9.17, 15) is 4.79 Å². The molecule has 1 fully saturated rings. The lowest BCUT2D eigenvalue weighted by Gasteiger charge is -2.29. The standard InChI is InChI=1S/C17H27N3O/c1-3-9-19-10-12-20(13-11-19)14-17(21)18-15(2)16-7-5-4-6-8-16/h4-8,15H,3,9-14H2,1-2H3,(H,18,21)/p+2/t15-/m1/s1. The fourth-order valence-corrected chi connectivity index (χ4v) is 3.08. The van der Waals surface area contributed by atoms with Crippen LogP contribution in [-0.2, 0) is 4.79 Å².